The summed E-state index contributed by atoms with van der Waals surface area (Å²) in [5.74, 6) is 0.312. The highest BCUT2D eigenvalue weighted by atomic mass is 19.1. The molecule has 0 saturated carbocycles. The average molecular weight is 327 g/mol. The van der Waals surface area contributed by atoms with Gasteiger partial charge in [-0.2, -0.15) is 0 Å². The molecule has 1 saturated heterocycles. The Morgan fingerprint density at radius 3 is 2.38 bits per heavy atom. The molecule has 1 aliphatic rings. The highest BCUT2D eigenvalue weighted by Gasteiger charge is 2.23. The van der Waals surface area contributed by atoms with Gasteiger partial charge in [-0.05, 0) is 74.5 Å². The Hall–Kier alpha value is -2.20. The van der Waals surface area contributed by atoms with Crippen molar-refractivity contribution >= 4 is 5.78 Å². The van der Waals surface area contributed by atoms with Crippen LogP contribution in [-0.2, 0) is 0 Å². The van der Waals surface area contributed by atoms with Gasteiger partial charge >= 0.3 is 0 Å². The Morgan fingerprint density at radius 1 is 1.12 bits per heavy atom. The predicted molar refractivity (Wildman–Crippen MR) is 92.0 cm³/mol. The fourth-order valence-corrected chi connectivity index (χ4v) is 3.16. The number of nitrogens with zero attached hydrogens (tertiary/aromatic N) is 1. The Bertz CT molecular complexity index is 682. The van der Waals surface area contributed by atoms with Gasteiger partial charge in [0.25, 0.3) is 0 Å². The SMILES string of the molecule is CCN1CCCC1COc1ccc(C(=O)c2ccc(F)cc2)cc1. The summed E-state index contributed by atoms with van der Waals surface area (Å²) in [6.07, 6.45) is 2.40. The van der Waals surface area contributed by atoms with Crippen LogP contribution >= 0.6 is 0 Å². The van der Waals surface area contributed by atoms with Crippen molar-refractivity contribution in [2.24, 2.45) is 0 Å². The number of carbonyl (C=O) groups is 1. The lowest BCUT2D eigenvalue weighted by atomic mass is 10.0. The summed E-state index contributed by atoms with van der Waals surface area (Å²) in [6.45, 7) is 5.06. The molecule has 1 aliphatic heterocycles. The second-order valence-corrected chi connectivity index (χ2v) is 6.10. The van der Waals surface area contributed by atoms with Crippen LogP contribution in [0.15, 0.2) is 48.5 Å². The zero-order valence-electron chi connectivity index (χ0n) is 13.9. The van der Waals surface area contributed by atoms with E-state index in [-0.39, 0.29) is 11.6 Å². The minimum atomic E-state index is -0.344. The number of rotatable bonds is 6. The molecule has 2 aromatic rings. The quantitative estimate of drug-likeness (QED) is 0.753. The normalized spacial score (nSPS) is 17.8. The van der Waals surface area contributed by atoms with Crippen LogP contribution in [0.2, 0.25) is 0 Å². The number of ether oxygens (including phenoxy) is 1. The first kappa shape index (κ1) is 16.7. The molecule has 4 heteroatoms. The topological polar surface area (TPSA) is 29.5 Å². The standard InChI is InChI=1S/C20H22FNO2/c1-2-22-13-3-4-18(22)14-24-19-11-7-16(8-12-19)20(23)15-5-9-17(21)10-6-15/h5-12,18H,2-4,13-14H2,1H3. The lowest BCUT2D eigenvalue weighted by Crippen LogP contribution is -2.33. The van der Waals surface area contributed by atoms with Gasteiger partial charge in [0.15, 0.2) is 5.78 Å². The average Bonchev–Trinajstić information content (AvgIpc) is 3.08. The van der Waals surface area contributed by atoms with Crippen LogP contribution < -0.4 is 4.74 Å². The second kappa shape index (κ2) is 7.58. The zero-order chi connectivity index (χ0) is 16.9. The second-order valence-electron chi connectivity index (χ2n) is 6.10. The smallest absolute Gasteiger partial charge is 0.193 e. The third-order valence-corrected chi connectivity index (χ3v) is 4.57. The first-order chi connectivity index (χ1) is 11.7. The van der Waals surface area contributed by atoms with E-state index in [4.69, 9.17) is 4.74 Å². The molecule has 0 radical (unpaired) electrons. The maximum Gasteiger partial charge on any atom is 0.193 e. The van der Waals surface area contributed by atoms with Crippen LogP contribution in [0.25, 0.3) is 0 Å². The summed E-state index contributed by atoms with van der Waals surface area (Å²) in [5, 5.41) is 0. The van der Waals surface area contributed by atoms with E-state index in [0.29, 0.717) is 23.8 Å². The van der Waals surface area contributed by atoms with Crippen molar-refractivity contribution in [1.82, 2.24) is 4.90 Å². The van der Waals surface area contributed by atoms with Crippen molar-refractivity contribution in [2.75, 3.05) is 19.7 Å². The van der Waals surface area contributed by atoms with Crippen molar-refractivity contribution in [2.45, 2.75) is 25.8 Å². The summed E-state index contributed by atoms with van der Waals surface area (Å²) >= 11 is 0. The van der Waals surface area contributed by atoms with E-state index in [0.717, 1.165) is 18.8 Å². The first-order valence-corrected chi connectivity index (χ1v) is 8.44. The minimum absolute atomic E-state index is 0.116. The molecular formula is C20H22FNO2. The molecule has 0 N–H and O–H groups in total. The van der Waals surface area contributed by atoms with Gasteiger partial charge in [0.05, 0.1) is 0 Å². The molecule has 1 atom stereocenters. The van der Waals surface area contributed by atoms with E-state index in [9.17, 15) is 9.18 Å². The number of carbonyl (C=O) groups excluding carboxylic acids is 1. The van der Waals surface area contributed by atoms with Gasteiger partial charge in [-0.15, -0.1) is 0 Å². The van der Waals surface area contributed by atoms with Gasteiger partial charge in [-0.3, -0.25) is 9.69 Å². The van der Waals surface area contributed by atoms with Crippen LogP contribution in [0.3, 0.4) is 0 Å². The summed E-state index contributed by atoms with van der Waals surface area (Å²) in [5.41, 5.74) is 1.06. The number of likely N-dealkylation sites (tertiary alicyclic amines) is 1. The van der Waals surface area contributed by atoms with Crippen molar-refractivity contribution in [1.29, 1.82) is 0 Å². The lowest BCUT2D eigenvalue weighted by Gasteiger charge is -2.22. The Kier molecular flexibility index (Phi) is 5.26. The van der Waals surface area contributed by atoms with Crippen molar-refractivity contribution < 1.29 is 13.9 Å². The Labute approximate surface area is 142 Å². The number of ketones is 1. The number of hydrogen-bond donors (Lipinski definition) is 0. The molecule has 0 bridgehead atoms. The van der Waals surface area contributed by atoms with E-state index < -0.39 is 0 Å². The van der Waals surface area contributed by atoms with Gasteiger partial charge in [0.1, 0.15) is 18.2 Å². The maximum atomic E-state index is 12.9. The van der Waals surface area contributed by atoms with E-state index in [1.54, 1.807) is 12.1 Å². The summed E-state index contributed by atoms with van der Waals surface area (Å²) in [6, 6.07) is 13.2. The fraction of sp³-hybridized carbons (Fsp3) is 0.350. The molecule has 1 fully saturated rings. The Morgan fingerprint density at radius 2 is 1.75 bits per heavy atom. The third kappa shape index (κ3) is 3.82. The van der Waals surface area contributed by atoms with Crippen molar-refractivity contribution in [3.63, 3.8) is 0 Å². The van der Waals surface area contributed by atoms with E-state index in [2.05, 4.69) is 11.8 Å². The molecule has 126 valence electrons. The van der Waals surface area contributed by atoms with Gasteiger partial charge in [-0.25, -0.2) is 4.39 Å². The van der Waals surface area contributed by atoms with Gasteiger partial charge in [0.2, 0.25) is 0 Å². The molecule has 3 nitrogen and oxygen atoms in total. The maximum absolute atomic E-state index is 12.9. The van der Waals surface area contributed by atoms with Crippen LogP contribution in [0.1, 0.15) is 35.7 Å². The molecule has 0 spiro atoms. The summed E-state index contributed by atoms with van der Waals surface area (Å²) in [7, 11) is 0. The van der Waals surface area contributed by atoms with Crippen LogP contribution in [0.5, 0.6) is 5.75 Å². The molecule has 0 aromatic heterocycles. The van der Waals surface area contributed by atoms with Gasteiger partial charge in [-0.1, -0.05) is 6.92 Å². The monoisotopic (exact) mass is 327 g/mol. The molecule has 3 rings (SSSR count). The first-order valence-electron chi connectivity index (χ1n) is 8.44. The van der Waals surface area contributed by atoms with Crippen LogP contribution in [0.4, 0.5) is 4.39 Å². The third-order valence-electron chi connectivity index (χ3n) is 4.57. The van der Waals surface area contributed by atoms with E-state index >= 15 is 0 Å². The summed E-state index contributed by atoms with van der Waals surface area (Å²) < 4.78 is 18.8. The van der Waals surface area contributed by atoms with E-state index in [1.807, 2.05) is 12.1 Å². The number of benzene rings is 2. The highest BCUT2D eigenvalue weighted by molar-refractivity contribution is 6.08. The van der Waals surface area contributed by atoms with Crippen molar-refractivity contribution in [3.8, 4) is 5.75 Å². The molecule has 2 aromatic carbocycles. The molecule has 24 heavy (non-hydrogen) atoms. The molecule has 0 amide bonds. The number of likely N-dealkylation sites (N-methyl/N-ethyl adjacent to an activating group) is 1. The number of halogens is 1. The van der Waals surface area contributed by atoms with E-state index in [1.165, 1.54) is 37.1 Å². The lowest BCUT2D eigenvalue weighted by molar-refractivity contribution is 0.103. The summed E-state index contributed by atoms with van der Waals surface area (Å²) in [4.78, 5) is 14.8. The zero-order valence-corrected chi connectivity index (χ0v) is 13.9. The number of hydrogen-bond acceptors (Lipinski definition) is 3. The fourth-order valence-electron chi connectivity index (χ4n) is 3.16. The van der Waals surface area contributed by atoms with Crippen molar-refractivity contribution in [3.05, 3.63) is 65.5 Å². The molecule has 0 aliphatic carbocycles. The van der Waals surface area contributed by atoms with Gasteiger partial charge in [0, 0.05) is 17.2 Å². The van der Waals surface area contributed by atoms with Crippen LogP contribution in [-0.4, -0.2) is 36.4 Å². The molecule has 1 unspecified atom stereocenters. The predicted octanol–water partition coefficient (Wildman–Crippen LogP) is 3.92. The minimum Gasteiger partial charge on any atom is -0.492 e. The largest absolute Gasteiger partial charge is 0.492 e. The highest BCUT2D eigenvalue weighted by Crippen LogP contribution is 2.20. The Balaban J connectivity index is 1.60. The van der Waals surface area contributed by atoms with Crippen LogP contribution in [0, 0.1) is 5.82 Å². The molecule has 1 heterocycles. The molecular weight excluding hydrogens is 305 g/mol. The van der Waals surface area contributed by atoms with Gasteiger partial charge < -0.3 is 4.74 Å².